The standard InChI is InChI=1S/C11H21N3O5/c1-7(2)5-14(6-9(12)16)11(19)13-4-3-8(15)10(17)18/h7-8,15H,3-6H2,1-2H3,(H2,12,16)(H,13,19)(H,17,18). The van der Waals surface area contributed by atoms with Gasteiger partial charge < -0.3 is 26.2 Å². The molecule has 3 amide bonds. The number of primary amides is 1. The Hall–Kier alpha value is -1.83. The number of hydrogen-bond donors (Lipinski definition) is 4. The predicted molar refractivity (Wildman–Crippen MR) is 67.3 cm³/mol. The minimum absolute atomic E-state index is 0.000340. The Bertz CT molecular complexity index is 332. The summed E-state index contributed by atoms with van der Waals surface area (Å²) in [5.74, 6) is -1.80. The van der Waals surface area contributed by atoms with Crippen molar-refractivity contribution < 1.29 is 24.6 Å². The van der Waals surface area contributed by atoms with Crippen molar-refractivity contribution in [1.82, 2.24) is 10.2 Å². The van der Waals surface area contributed by atoms with Crippen LogP contribution in [-0.4, -0.2) is 58.8 Å². The highest BCUT2D eigenvalue weighted by Gasteiger charge is 2.18. The normalized spacial score (nSPS) is 12.0. The minimum atomic E-state index is -1.52. The van der Waals surface area contributed by atoms with Gasteiger partial charge in [0.2, 0.25) is 5.91 Å². The van der Waals surface area contributed by atoms with E-state index in [2.05, 4.69) is 5.32 Å². The molecule has 110 valence electrons. The van der Waals surface area contributed by atoms with Gasteiger partial charge in [0.05, 0.1) is 0 Å². The average molecular weight is 275 g/mol. The van der Waals surface area contributed by atoms with E-state index in [-0.39, 0.29) is 25.4 Å². The topological polar surface area (TPSA) is 133 Å². The maximum Gasteiger partial charge on any atom is 0.332 e. The van der Waals surface area contributed by atoms with E-state index in [9.17, 15) is 14.4 Å². The van der Waals surface area contributed by atoms with Crippen molar-refractivity contribution in [3.05, 3.63) is 0 Å². The SMILES string of the molecule is CC(C)CN(CC(N)=O)C(=O)NCCC(O)C(=O)O. The van der Waals surface area contributed by atoms with E-state index in [0.717, 1.165) is 0 Å². The van der Waals surface area contributed by atoms with Crippen molar-refractivity contribution in [3.8, 4) is 0 Å². The molecule has 0 rings (SSSR count). The lowest BCUT2D eigenvalue weighted by molar-refractivity contribution is -0.146. The monoisotopic (exact) mass is 275 g/mol. The molecule has 0 aromatic rings. The molecule has 0 aliphatic carbocycles. The molecule has 0 radical (unpaired) electrons. The number of aliphatic hydroxyl groups excluding tert-OH is 1. The zero-order chi connectivity index (χ0) is 15.0. The molecule has 0 aliphatic heterocycles. The maximum absolute atomic E-state index is 11.7. The third-order valence-corrected chi connectivity index (χ3v) is 2.20. The Morgan fingerprint density at radius 3 is 2.32 bits per heavy atom. The number of nitrogens with zero attached hydrogens (tertiary/aromatic N) is 1. The highest BCUT2D eigenvalue weighted by atomic mass is 16.4. The number of carboxylic acids is 1. The Morgan fingerprint density at radius 1 is 1.32 bits per heavy atom. The van der Waals surface area contributed by atoms with E-state index in [4.69, 9.17) is 15.9 Å². The number of urea groups is 1. The van der Waals surface area contributed by atoms with Crippen molar-refractivity contribution in [2.75, 3.05) is 19.6 Å². The molecule has 1 unspecified atom stereocenters. The molecule has 0 saturated carbocycles. The lowest BCUT2D eigenvalue weighted by atomic mass is 10.2. The molecule has 0 fully saturated rings. The number of aliphatic hydroxyl groups is 1. The van der Waals surface area contributed by atoms with Gasteiger partial charge in [-0.1, -0.05) is 13.8 Å². The summed E-state index contributed by atoms with van der Waals surface area (Å²) in [6.45, 7) is 3.92. The molecule has 0 aromatic heterocycles. The van der Waals surface area contributed by atoms with E-state index < -0.39 is 24.0 Å². The van der Waals surface area contributed by atoms with Gasteiger partial charge in [-0.25, -0.2) is 9.59 Å². The van der Waals surface area contributed by atoms with Gasteiger partial charge in [0.25, 0.3) is 0 Å². The van der Waals surface area contributed by atoms with Gasteiger partial charge in [-0.15, -0.1) is 0 Å². The number of nitrogens with one attached hydrogen (secondary N) is 1. The number of carbonyl (C=O) groups excluding carboxylic acids is 2. The van der Waals surface area contributed by atoms with Crippen LogP contribution in [0.2, 0.25) is 0 Å². The third-order valence-electron chi connectivity index (χ3n) is 2.20. The lowest BCUT2D eigenvalue weighted by Crippen LogP contribution is -2.46. The summed E-state index contributed by atoms with van der Waals surface area (Å²) in [7, 11) is 0. The molecule has 0 bridgehead atoms. The Morgan fingerprint density at radius 2 is 1.89 bits per heavy atom. The van der Waals surface area contributed by atoms with Crippen molar-refractivity contribution >= 4 is 17.9 Å². The number of rotatable bonds is 8. The van der Waals surface area contributed by atoms with Crippen molar-refractivity contribution in [3.63, 3.8) is 0 Å². The van der Waals surface area contributed by atoms with Crippen LogP contribution in [0.5, 0.6) is 0 Å². The molecule has 0 spiro atoms. The number of carbonyl (C=O) groups is 3. The third kappa shape index (κ3) is 7.98. The smallest absolute Gasteiger partial charge is 0.332 e. The number of hydrogen-bond acceptors (Lipinski definition) is 4. The second-order valence-corrected chi connectivity index (χ2v) is 4.62. The first-order valence-corrected chi connectivity index (χ1v) is 5.96. The summed E-state index contributed by atoms with van der Waals surface area (Å²) in [6, 6.07) is -0.509. The first-order chi connectivity index (χ1) is 8.73. The average Bonchev–Trinajstić information content (AvgIpc) is 2.26. The molecule has 19 heavy (non-hydrogen) atoms. The molecule has 1 atom stereocenters. The predicted octanol–water partition coefficient (Wildman–Crippen LogP) is -1.03. The second-order valence-electron chi connectivity index (χ2n) is 4.62. The molecular formula is C11H21N3O5. The van der Waals surface area contributed by atoms with Gasteiger partial charge in [-0.3, -0.25) is 4.79 Å². The van der Waals surface area contributed by atoms with Gasteiger partial charge in [0, 0.05) is 19.5 Å². The molecule has 0 saturated heterocycles. The van der Waals surface area contributed by atoms with Gasteiger partial charge in [-0.05, 0) is 5.92 Å². The number of amides is 3. The fraction of sp³-hybridized carbons (Fsp3) is 0.727. The van der Waals surface area contributed by atoms with E-state index >= 15 is 0 Å². The highest BCUT2D eigenvalue weighted by Crippen LogP contribution is 1.99. The first-order valence-electron chi connectivity index (χ1n) is 5.96. The zero-order valence-electron chi connectivity index (χ0n) is 11.1. The zero-order valence-corrected chi connectivity index (χ0v) is 11.1. The van der Waals surface area contributed by atoms with E-state index in [0.29, 0.717) is 6.54 Å². The first kappa shape index (κ1) is 17.2. The maximum atomic E-state index is 11.7. The van der Waals surface area contributed by atoms with Crippen LogP contribution in [0.15, 0.2) is 0 Å². The molecule has 0 heterocycles. The molecule has 8 heteroatoms. The summed E-state index contributed by atoms with van der Waals surface area (Å²) in [6.07, 6.45) is -1.62. The van der Waals surface area contributed by atoms with Crippen LogP contribution in [0.4, 0.5) is 4.79 Å². The van der Waals surface area contributed by atoms with Crippen LogP contribution in [0.3, 0.4) is 0 Å². The molecular weight excluding hydrogens is 254 g/mol. The van der Waals surface area contributed by atoms with Gasteiger partial charge >= 0.3 is 12.0 Å². The summed E-state index contributed by atoms with van der Waals surface area (Å²) in [5, 5.41) is 19.9. The Balaban J connectivity index is 4.24. The molecule has 8 nitrogen and oxygen atoms in total. The van der Waals surface area contributed by atoms with E-state index in [1.807, 2.05) is 13.8 Å². The van der Waals surface area contributed by atoms with Crippen LogP contribution >= 0.6 is 0 Å². The van der Waals surface area contributed by atoms with Gasteiger partial charge in [0.15, 0.2) is 6.10 Å². The van der Waals surface area contributed by atoms with E-state index in [1.165, 1.54) is 4.90 Å². The van der Waals surface area contributed by atoms with Crippen LogP contribution in [-0.2, 0) is 9.59 Å². The van der Waals surface area contributed by atoms with Crippen LogP contribution in [0.1, 0.15) is 20.3 Å². The summed E-state index contributed by atoms with van der Waals surface area (Å²) in [4.78, 5) is 34.2. The second kappa shape index (κ2) is 8.30. The summed E-state index contributed by atoms with van der Waals surface area (Å²) in [5.41, 5.74) is 5.05. The van der Waals surface area contributed by atoms with Crippen LogP contribution in [0, 0.1) is 5.92 Å². The molecule has 0 aromatic carbocycles. The van der Waals surface area contributed by atoms with Gasteiger partial charge in [-0.2, -0.15) is 0 Å². The fourth-order valence-electron chi connectivity index (χ4n) is 1.40. The number of nitrogens with two attached hydrogens (primary N) is 1. The van der Waals surface area contributed by atoms with Crippen molar-refractivity contribution in [1.29, 1.82) is 0 Å². The Labute approximate surface area is 111 Å². The lowest BCUT2D eigenvalue weighted by Gasteiger charge is -2.23. The van der Waals surface area contributed by atoms with Crippen LogP contribution in [0.25, 0.3) is 0 Å². The highest BCUT2D eigenvalue weighted by molar-refractivity contribution is 5.83. The van der Waals surface area contributed by atoms with Crippen LogP contribution < -0.4 is 11.1 Å². The Kier molecular flexibility index (Phi) is 7.50. The largest absolute Gasteiger partial charge is 0.479 e. The van der Waals surface area contributed by atoms with Crippen molar-refractivity contribution in [2.24, 2.45) is 11.7 Å². The summed E-state index contributed by atoms with van der Waals surface area (Å²) < 4.78 is 0. The molecule has 5 N–H and O–H groups in total. The number of carboxylic acid groups (broad SMARTS) is 1. The van der Waals surface area contributed by atoms with Gasteiger partial charge in [0.1, 0.15) is 6.54 Å². The number of aliphatic carboxylic acids is 1. The fourth-order valence-corrected chi connectivity index (χ4v) is 1.40. The molecule has 0 aliphatic rings. The van der Waals surface area contributed by atoms with Crippen molar-refractivity contribution in [2.45, 2.75) is 26.4 Å². The van der Waals surface area contributed by atoms with E-state index in [1.54, 1.807) is 0 Å². The minimum Gasteiger partial charge on any atom is -0.479 e. The summed E-state index contributed by atoms with van der Waals surface area (Å²) >= 11 is 0. The quantitative estimate of drug-likeness (QED) is 0.450.